The fourth-order valence-electron chi connectivity index (χ4n) is 4.04. The van der Waals surface area contributed by atoms with Crippen molar-refractivity contribution in [1.29, 1.82) is 0 Å². The van der Waals surface area contributed by atoms with Crippen LogP contribution in [0.15, 0.2) is 60.7 Å². The number of amides is 1. The summed E-state index contributed by atoms with van der Waals surface area (Å²) in [6, 6.07) is 19.0. The smallest absolute Gasteiger partial charge is 0.241 e. The lowest BCUT2D eigenvalue weighted by molar-refractivity contribution is -0.123. The van der Waals surface area contributed by atoms with Gasteiger partial charge in [0.1, 0.15) is 0 Å². The van der Waals surface area contributed by atoms with E-state index in [2.05, 4.69) is 17.0 Å². The molecule has 2 saturated heterocycles. The molecule has 0 bridgehead atoms. The lowest BCUT2D eigenvalue weighted by atomic mass is 10.0. The molecule has 26 heavy (non-hydrogen) atoms. The number of rotatable bonds is 4. The Morgan fingerprint density at radius 3 is 2.19 bits per heavy atom. The van der Waals surface area contributed by atoms with Crippen LogP contribution in [0.3, 0.4) is 0 Å². The van der Waals surface area contributed by atoms with E-state index >= 15 is 0 Å². The third kappa shape index (κ3) is 3.39. The van der Waals surface area contributed by atoms with Gasteiger partial charge in [0.05, 0.1) is 24.1 Å². The number of carbonyl (C=O) groups is 1. The van der Waals surface area contributed by atoms with Crippen LogP contribution in [0.1, 0.15) is 5.56 Å². The quantitative estimate of drug-likeness (QED) is 0.823. The fourth-order valence-corrected chi connectivity index (χ4v) is 6.03. The summed E-state index contributed by atoms with van der Waals surface area (Å²) in [4.78, 5) is 16.6. The van der Waals surface area contributed by atoms with Gasteiger partial charge in [-0.3, -0.25) is 9.69 Å². The summed E-state index contributed by atoms with van der Waals surface area (Å²) in [5.74, 6) is 0.144. The minimum Gasteiger partial charge on any atom is -0.306 e. The Labute approximate surface area is 154 Å². The van der Waals surface area contributed by atoms with Crippen LogP contribution in [0.4, 0.5) is 5.69 Å². The molecule has 136 valence electrons. The molecule has 0 radical (unpaired) electrons. The average Bonchev–Trinajstić information content (AvgIpc) is 2.96. The van der Waals surface area contributed by atoms with Crippen molar-refractivity contribution in [3.8, 4) is 0 Å². The van der Waals surface area contributed by atoms with Gasteiger partial charge in [0.25, 0.3) is 0 Å². The lowest BCUT2D eigenvalue weighted by Crippen LogP contribution is -2.62. The summed E-state index contributed by atoms with van der Waals surface area (Å²) < 4.78 is 24.7. The zero-order valence-electron chi connectivity index (χ0n) is 14.5. The number of sulfone groups is 1. The first-order valence-corrected chi connectivity index (χ1v) is 10.7. The number of piperazine rings is 1. The van der Waals surface area contributed by atoms with Crippen molar-refractivity contribution in [2.75, 3.05) is 29.5 Å². The lowest BCUT2D eigenvalue weighted by Gasteiger charge is -2.43. The summed E-state index contributed by atoms with van der Waals surface area (Å²) in [5, 5.41) is 0. The van der Waals surface area contributed by atoms with Crippen molar-refractivity contribution in [2.45, 2.75) is 18.5 Å². The second-order valence-corrected chi connectivity index (χ2v) is 9.17. The van der Waals surface area contributed by atoms with Crippen molar-refractivity contribution >= 4 is 21.4 Å². The number of hydrogen-bond acceptors (Lipinski definition) is 4. The molecular formula is C20H22N2O3S. The van der Waals surface area contributed by atoms with E-state index < -0.39 is 9.84 Å². The van der Waals surface area contributed by atoms with E-state index in [-0.39, 0.29) is 36.0 Å². The second-order valence-electron chi connectivity index (χ2n) is 7.02. The maximum Gasteiger partial charge on any atom is 0.241 e. The Morgan fingerprint density at radius 1 is 0.885 bits per heavy atom. The van der Waals surface area contributed by atoms with Crippen molar-refractivity contribution in [2.24, 2.45) is 0 Å². The highest BCUT2D eigenvalue weighted by Crippen LogP contribution is 2.31. The molecule has 0 spiro atoms. The molecule has 2 fully saturated rings. The maximum atomic E-state index is 12.9. The predicted molar refractivity (Wildman–Crippen MR) is 102 cm³/mol. The SMILES string of the molecule is O=C1CN(CCc2ccccc2)C2CS(=O)(=O)CC2N1c1ccccc1. The van der Waals surface area contributed by atoms with Crippen LogP contribution in [-0.4, -0.2) is 55.9 Å². The molecule has 2 atom stereocenters. The molecule has 2 aliphatic heterocycles. The monoisotopic (exact) mass is 370 g/mol. The van der Waals surface area contributed by atoms with Gasteiger partial charge in [0, 0.05) is 18.3 Å². The van der Waals surface area contributed by atoms with Gasteiger partial charge in [-0.1, -0.05) is 48.5 Å². The first-order valence-electron chi connectivity index (χ1n) is 8.89. The van der Waals surface area contributed by atoms with E-state index in [0.717, 1.165) is 12.1 Å². The van der Waals surface area contributed by atoms with Crippen LogP contribution in [0.5, 0.6) is 0 Å². The van der Waals surface area contributed by atoms with E-state index in [1.165, 1.54) is 5.56 Å². The van der Waals surface area contributed by atoms with Gasteiger partial charge in [-0.2, -0.15) is 0 Å². The van der Waals surface area contributed by atoms with E-state index in [4.69, 9.17) is 0 Å². The number of anilines is 1. The number of nitrogens with zero attached hydrogens (tertiary/aromatic N) is 2. The highest BCUT2D eigenvalue weighted by Gasteiger charge is 2.49. The van der Waals surface area contributed by atoms with Crippen LogP contribution < -0.4 is 4.90 Å². The van der Waals surface area contributed by atoms with Crippen LogP contribution in [0, 0.1) is 0 Å². The second kappa shape index (κ2) is 6.85. The number of para-hydroxylation sites is 1. The van der Waals surface area contributed by atoms with Crippen LogP contribution in [0.25, 0.3) is 0 Å². The third-order valence-electron chi connectivity index (χ3n) is 5.27. The van der Waals surface area contributed by atoms with Gasteiger partial charge < -0.3 is 4.90 Å². The Hall–Kier alpha value is -2.18. The Balaban J connectivity index is 1.59. The maximum absolute atomic E-state index is 12.9. The number of carbonyl (C=O) groups excluding carboxylic acids is 1. The summed E-state index contributed by atoms with van der Waals surface area (Å²) in [6.07, 6.45) is 0.808. The topological polar surface area (TPSA) is 57.7 Å². The van der Waals surface area contributed by atoms with Crippen LogP contribution >= 0.6 is 0 Å². The first-order chi connectivity index (χ1) is 12.5. The van der Waals surface area contributed by atoms with Crippen molar-refractivity contribution in [3.05, 3.63) is 66.2 Å². The van der Waals surface area contributed by atoms with E-state index in [9.17, 15) is 13.2 Å². The molecule has 0 saturated carbocycles. The Kier molecular flexibility index (Phi) is 4.54. The molecule has 0 aliphatic carbocycles. The Morgan fingerprint density at radius 2 is 1.50 bits per heavy atom. The fraction of sp³-hybridized carbons (Fsp3) is 0.350. The van der Waals surface area contributed by atoms with Gasteiger partial charge in [0.2, 0.25) is 5.91 Å². The largest absolute Gasteiger partial charge is 0.306 e. The summed E-state index contributed by atoms with van der Waals surface area (Å²) in [7, 11) is -3.14. The van der Waals surface area contributed by atoms with Crippen LogP contribution in [-0.2, 0) is 21.1 Å². The third-order valence-corrected chi connectivity index (χ3v) is 6.96. The van der Waals surface area contributed by atoms with Crippen LogP contribution in [0.2, 0.25) is 0 Å². The summed E-state index contributed by atoms with van der Waals surface area (Å²) in [6.45, 7) is 0.952. The molecule has 2 unspecified atom stereocenters. The van der Waals surface area contributed by atoms with Gasteiger partial charge in [-0.25, -0.2) is 8.42 Å². The molecule has 1 amide bonds. The molecular weight excluding hydrogens is 348 g/mol. The summed E-state index contributed by atoms with van der Waals surface area (Å²) in [5.41, 5.74) is 1.98. The molecule has 2 aromatic rings. The van der Waals surface area contributed by atoms with Crippen molar-refractivity contribution in [1.82, 2.24) is 4.90 Å². The van der Waals surface area contributed by atoms with Gasteiger partial charge in [-0.05, 0) is 24.1 Å². The zero-order valence-corrected chi connectivity index (χ0v) is 15.3. The number of hydrogen-bond donors (Lipinski definition) is 0. The molecule has 5 nitrogen and oxygen atoms in total. The van der Waals surface area contributed by atoms with Crippen molar-refractivity contribution < 1.29 is 13.2 Å². The molecule has 2 heterocycles. The zero-order chi connectivity index (χ0) is 18.1. The highest BCUT2D eigenvalue weighted by atomic mass is 32.2. The Bertz CT molecular complexity index is 884. The van der Waals surface area contributed by atoms with E-state index in [1.807, 2.05) is 48.5 Å². The molecule has 4 rings (SSSR count). The molecule has 6 heteroatoms. The molecule has 2 aromatic carbocycles. The first kappa shape index (κ1) is 17.2. The van der Waals surface area contributed by atoms with E-state index in [1.54, 1.807) is 4.90 Å². The number of benzene rings is 2. The molecule has 0 aromatic heterocycles. The van der Waals surface area contributed by atoms with E-state index in [0.29, 0.717) is 6.54 Å². The minimum absolute atomic E-state index is 0.0254. The predicted octanol–water partition coefficient (Wildman–Crippen LogP) is 1.74. The summed E-state index contributed by atoms with van der Waals surface area (Å²) >= 11 is 0. The molecule has 2 aliphatic rings. The highest BCUT2D eigenvalue weighted by molar-refractivity contribution is 7.91. The number of fused-ring (bicyclic) bond motifs is 1. The standard InChI is InChI=1S/C20H22N2O3S/c23-20-13-21(12-11-16-7-3-1-4-8-16)18-14-26(24,25)15-19(18)22(20)17-9-5-2-6-10-17/h1-10,18-19H,11-15H2. The van der Waals surface area contributed by atoms with Gasteiger partial charge in [0.15, 0.2) is 9.84 Å². The van der Waals surface area contributed by atoms with Gasteiger partial charge >= 0.3 is 0 Å². The van der Waals surface area contributed by atoms with Crippen molar-refractivity contribution in [3.63, 3.8) is 0 Å². The van der Waals surface area contributed by atoms with Gasteiger partial charge in [-0.15, -0.1) is 0 Å². The normalized spacial score (nSPS) is 25.2. The molecule has 0 N–H and O–H groups in total. The average molecular weight is 370 g/mol. The minimum atomic E-state index is -3.14.